The fraction of sp³-hybridized carbons (Fsp3) is 0.444. The summed E-state index contributed by atoms with van der Waals surface area (Å²) in [6, 6.07) is 6.72. The van der Waals surface area contributed by atoms with E-state index >= 15 is 0 Å². The van der Waals surface area contributed by atoms with E-state index in [0.717, 1.165) is 38.0 Å². The van der Waals surface area contributed by atoms with Gasteiger partial charge in [-0.15, -0.1) is 10.2 Å². The van der Waals surface area contributed by atoms with Crippen LogP contribution in [-0.2, 0) is 17.8 Å². The Morgan fingerprint density at radius 3 is 2.32 bits per heavy atom. The molecule has 0 aliphatic carbocycles. The van der Waals surface area contributed by atoms with E-state index in [1.807, 2.05) is 9.47 Å². The zero-order chi connectivity index (χ0) is 17.6. The molecule has 0 unspecified atom stereocenters. The SMILES string of the molecule is O=C(O)c1ccc(CCC(=O)N2CCC(Cn3cnnc3)CC2)cc1. The van der Waals surface area contributed by atoms with Crippen molar-refractivity contribution in [3.05, 3.63) is 48.0 Å². The molecule has 25 heavy (non-hydrogen) atoms. The van der Waals surface area contributed by atoms with Crippen molar-refractivity contribution in [3.8, 4) is 0 Å². The molecule has 1 fully saturated rings. The van der Waals surface area contributed by atoms with Gasteiger partial charge in [-0.1, -0.05) is 12.1 Å². The van der Waals surface area contributed by atoms with Crippen LogP contribution in [0.4, 0.5) is 0 Å². The number of aromatic nitrogens is 3. The van der Waals surface area contributed by atoms with Crippen LogP contribution in [0.15, 0.2) is 36.9 Å². The Morgan fingerprint density at radius 1 is 1.08 bits per heavy atom. The number of aryl methyl sites for hydroxylation is 1. The molecule has 3 rings (SSSR count). The Bertz CT molecular complexity index is 704. The normalized spacial score (nSPS) is 15.3. The number of rotatable bonds is 6. The standard InChI is InChI=1S/C18H22N4O3/c23-17(6-3-14-1-4-16(5-2-14)18(24)25)22-9-7-15(8-10-22)11-21-12-19-20-13-21/h1-2,4-5,12-13,15H,3,6-11H2,(H,24,25). The molecule has 1 saturated heterocycles. The molecule has 132 valence electrons. The summed E-state index contributed by atoms with van der Waals surface area (Å²) in [5.41, 5.74) is 1.26. The number of carboxylic acid groups (broad SMARTS) is 1. The molecule has 1 aromatic heterocycles. The molecular formula is C18H22N4O3. The summed E-state index contributed by atoms with van der Waals surface area (Å²) in [5, 5.41) is 16.5. The van der Waals surface area contributed by atoms with Crippen LogP contribution in [0, 0.1) is 5.92 Å². The average Bonchev–Trinajstić information content (AvgIpc) is 3.13. The molecule has 0 atom stereocenters. The molecule has 1 N–H and O–H groups in total. The molecule has 7 nitrogen and oxygen atoms in total. The summed E-state index contributed by atoms with van der Waals surface area (Å²) in [6.07, 6.45) is 6.55. The number of hydrogen-bond donors (Lipinski definition) is 1. The highest BCUT2D eigenvalue weighted by atomic mass is 16.4. The summed E-state index contributed by atoms with van der Waals surface area (Å²) in [4.78, 5) is 25.2. The number of benzene rings is 1. The second-order valence-corrected chi connectivity index (χ2v) is 6.48. The van der Waals surface area contributed by atoms with E-state index in [1.165, 1.54) is 0 Å². The van der Waals surface area contributed by atoms with Crippen LogP contribution in [0.1, 0.15) is 35.2 Å². The summed E-state index contributed by atoms with van der Waals surface area (Å²) in [7, 11) is 0. The maximum absolute atomic E-state index is 12.4. The first-order valence-corrected chi connectivity index (χ1v) is 8.54. The highest BCUT2D eigenvalue weighted by Gasteiger charge is 2.22. The predicted octanol–water partition coefficient (Wildman–Crippen LogP) is 1.85. The zero-order valence-electron chi connectivity index (χ0n) is 14.0. The lowest BCUT2D eigenvalue weighted by atomic mass is 9.96. The Hall–Kier alpha value is -2.70. The number of carbonyl (C=O) groups is 2. The van der Waals surface area contributed by atoms with Crippen molar-refractivity contribution in [1.82, 2.24) is 19.7 Å². The molecule has 7 heteroatoms. The van der Waals surface area contributed by atoms with E-state index in [0.29, 0.717) is 18.8 Å². The van der Waals surface area contributed by atoms with Gasteiger partial charge in [0.25, 0.3) is 0 Å². The molecule has 0 radical (unpaired) electrons. The minimum absolute atomic E-state index is 0.171. The smallest absolute Gasteiger partial charge is 0.335 e. The van der Waals surface area contributed by atoms with Gasteiger partial charge >= 0.3 is 5.97 Å². The molecule has 2 heterocycles. The Kier molecular flexibility index (Phi) is 5.42. The molecule has 1 aliphatic rings. The predicted molar refractivity (Wildman–Crippen MR) is 91.0 cm³/mol. The topological polar surface area (TPSA) is 88.3 Å². The molecule has 0 bridgehead atoms. The number of piperidine rings is 1. The second-order valence-electron chi connectivity index (χ2n) is 6.48. The van der Waals surface area contributed by atoms with Crippen LogP contribution < -0.4 is 0 Å². The van der Waals surface area contributed by atoms with Crippen LogP contribution >= 0.6 is 0 Å². The minimum atomic E-state index is -0.933. The molecule has 0 saturated carbocycles. The van der Waals surface area contributed by atoms with Crippen LogP contribution in [0.2, 0.25) is 0 Å². The molecule has 1 aliphatic heterocycles. The van der Waals surface area contributed by atoms with E-state index in [2.05, 4.69) is 10.2 Å². The van der Waals surface area contributed by atoms with Gasteiger partial charge in [0.15, 0.2) is 0 Å². The van der Waals surface area contributed by atoms with E-state index in [-0.39, 0.29) is 11.5 Å². The number of amides is 1. The van der Waals surface area contributed by atoms with Gasteiger partial charge in [-0.3, -0.25) is 4.79 Å². The number of carboxylic acids is 1. The van der Waals surface area contributed by atoms with Crippen LogP contribution in [0.5, 0.6) is 0 Å². The maximum Gasteiger partial charge on any atom is 0.335 e. The van der Waals surface area contributed by atoms with Gasteiger partial charge in [0.1, 0.15) is 12.7 Å². The van der Waals surface area contributed by atoms with Crippen LogP contribution in [0.3, 0.4) is 0 Å². The van der Waals surface area contributed by atoms with Gasteiger partial charge in [-0.2, -0.15) is 0 Å². The lowest BCUT2D eigenvalue weighted by molar-refractivity contribution is -0.132. The fourth-order valence-electron chi connectivity index (χ4n) is 3.20. The Labute approximate surface area is 146 Å². The van der Waals surface area contributed by atoms with Crippen molar-refractivity contribution in [2.75, 3.05) is 13.1 Å². The third-order valence-electron chi connectivity index (χ3n) is 4.73. The first-order valence-electron chi connectivity index (χ1n) is 8.54. The van der Waals surface area contributed by atoms with Crippen molar-refractivity contribution < 1.29 is 14.7 Å². The van der Waals surface area contributed by atoms with Gasteiger partial charge in [0, 0.05) is 26.1 Å². The van der Waals surface area contributed by atoms with Crippen molar-refractivity contribution in [1.29, 1.82) is 0 Å². The van der Waals surface area contributed by atoms with Gasteiger partial charge < -0.3 is 14.6 Å². The van der Waals surface area contributed by atoms with Crippen molar-refractivity contribution in [2.45, 2.75) is 32.2 Å². The largest absolute Gasteiger partial charge is 0.478 e. The fourth-order valence-corrected chi connectivity index (χ4v) is 3.20. The Balaban J connectivity index is 1.42. The average molecular weight is 342 g/mol. The first-order chi connectivity index (χ1) is 12.1. The van der Waals surface area contributed by atoms with Crippen molar-refractivity contribution in [2.24, 2.45) is 5.92 Å². The van der Waals surface area contributed by atoms with Crippen molar-refractivity contribution in [3.63, 3.8) is 0 Å². The summed E-state index contributed by atoms with van der Waals surface area (Å²) in [5.74, 6) is -0.203. The lowest BCUT2D eigenvalue weighted by Gasteiger charge is -2.32. The first kappa shape index (κ1) is 17.1. The molecule has 2 aromatic rings. The van der Waals surface area contributed by atoms with E-state index < -0.39 is 5.97 Å². The van der Waals surface area contributed by atoms with E-state index in [9.17, 15) is 9.59 Å². The van der Waals surface area contributed by atoms with E-state index in [1.54, 1.807) is 36.9 Å². The highest BCUT2D eigenvalue weighted by Crippen LogP contribution is 2.20. The molecule has 1 aromatic carbocycles. The number of hydrogen-bond acceptors (Lipinski definition) is 4. The third-order valence-corrected chi connectivity index (χ3v) is 4.73. The zero-order valence-corrected chi connectivity index (χ0v) is 14.0. The Morgan fingerprint density at radius 2 is 1.72 bits per heavy atom. The van der Waals surface area contributed by atoms with Gasteiger partial charge in [0.05, 0.1) is 5.56 Å². The molecule has 1 amide bonds. The number of likely N-dealkylation sites (tertiary alicyclic amines) is 1. The quantitative estimate of drug-likeness (QED) is 0.865. The second kappa shape index (κ2) is 7.92. The van der Waals surface area contributed by atoms with Crippen LogP contribution in [-0.4, -0.2) is 49.7 Å². The number of nitrogens with zero attached hydrogens (tertiary/aromatic N) is 4. The van der Waals surface area contributed by atoms with Gasteiger partial charge in [0.2, 0.25) is 5.91 Å². The molecule has 0 spiro atoms. The lowest BCUT2D eigenvalue weighted by Crippen LogP contribution is -2.39. The van der Waals surface area contributed by atoms with Gasteiger partial charge in [-0.25, -0.2) is 4.79 Å². The number of aromatic carboxylic acids is 1. The van der Waals surface area contributed by atoms with E-state index in [4.69, 9.17) is 5.11 Å². The third kappa shape index (κ3) is 4.65. The highest BCUT2D eigenvalue weighted by molar-refractivity contribution is 5.87. The number of carbonyl (C=O) groups excluding carboxylic acids is 1. The summed E-state index contributed by atoms with van der Waals surface area (Å²) in [6.45, 7) is 2.50. The van der Waals surface area contributed by atoms with Crippen LogP contribution in [0.25, 0.3) is 0 Å². The maximum atomic E-state index is 12.4. The minimum Gasteiger partial charge on any atom is -0.478 e. The summed E-state index contributed by atoms with van der Waals surface area (Å²) >= 11 is 0. The van der Waals surface area contributed by atoms with Gasteiger partial charge in [-0.05, 0) is 42.9 Å². The monoisotopic (exact) mass is 342 g/mol. The summed E-state index contributed by atoms with van der Waals surface area (Å²) < 4.78 is 1.99. The van der Waals surface area contributed by atoms with Crippen molar-refractivity contribution >= 4 is 11.9 Å². The molecular weight excluding hydrogens is 320 g/mol.